The summed E-state index contributed by atoms with van der Waals surface area (Å²) in [7, 11) is 0. The minimum Gasteiger partial charge on any atom is -0.381 e. The summed E-state index contributed by atoms with van der Waals surface area (Å²) in [5, 5.41) is 13.0. The molecule has 7 nitrogen and oxygen atoms in total. The summed E-state index contributed by atoms with van der Waals surface area (Å²) in [5.74, 6) is 2.06. The van der Waals surface area contributed by atoms with Gasteiger partial charge in [-0.05, 0) is 55.9 Å². The molecule has 1 amide bonds. The van der Waals surface area contributed by atoms with Gasteiger partial charge in [-0.2, -0.15) is 10.2 Å². The monoisotopic (exact) mass is 380 g/mol. The van der Waals surface area contributed by atoms with E-state index in [2.05, 4.69) is 16.2 Å². The smallest absolute Gasteiger partial charge is 0.253 e. The van der Waals surface area contributed by atoms with Crippen molar-refractivity contribution >= 4 is 5.91 Å². The summed E-state index contributed by atoms with van der Waals surface area (Å²) >= 11 is 0. The average Bonchev–Trinajstić information content (AvgIpc) is 3.46. The molecule has 1 saturated heterocycles. The number of nitriles is 1. The quantitative estimate of drug-likeness (QED) is 0.686. The number of hydrogen-bond acceptors (Lipinski definition) is 6. The highest BCUT2D eigenvalue weighted by molar-refractivity contribution is 5.94. The SMILES string of the molecule is N#Cc1ccc(C(=O)N2CCCC(c3nc(CCOCC4CC4)no3)C2)cc1. The van der Waals surface area contributed by atoms with Crippen LogP contribution >= 0.6 is 0 Å². The third-order valence-electron chi connectivity index (χ3n) is 5.32. The van der Waals surface area contributed by atoms with Gasteiger partial charge in [-0.3, -0.25) is 4.79 Å². The minimum atomic E-state index is -0.0256. The van der Waals surface area contributed by atoms with Crippen LogP contribution in [0.4, 0.5) is 0 Å². The van der Waals surface area contributed by atoms with Crippen molar-refractivity contribution in [3.63, 3.8) is 0 Å². The number of rotatable bonds is 7. The van der Waals surface area contributed by atoms with Crippen LogP contribution in [0.1, 0.15) is 59.2 Å². The molecule has 4 rings (SSSR count). The molecule has 0 bridgehead atoms. The van der Waals surface area contributed by atoms with Gasteiger partial charge < -0.3 is 14.2 Å². The van der Waals surface area contributed by atoms with Gasteiger partial charge in [-0.15, -0.1) is 0 Å². The second-order valence-corrected chi connectivity index (χ2v) is 7.60. The highest BCUT2D eigenvalue weighted by Crippen LogP contribution is 2.29. The Balaban J connectivity index is 1.32. The lowest BCUT2D eigenvalue weighted by molar-refractivity contribution is 0.0695. The maximum Gasteiger partial charge on any atom is 0.253 e. The second kappa shape index (κ2) is 8.53. The number of aromatic nitrogens is 2. The van der Waals surface area contributed by atoms with Crippen molar-refractivity contribution in [1.29, 1.82) is 5.26 Å². The summed E-state index contributed by atoms with van der Waals surface area (Å²) in [5.41, 5.74) is 1.14. The fourth-order valence-electron chi connectivity index (χ4n) is 3.47. The predicted molar refractivity (Wildman–Crippen MR) is 101 cm³/mol. The molecule has 0 radical (unpaired) electrons. The number of nitrogens with zero attached hydrogens (tertiary/aromatic N) is 4. The number of ether oxygens (including phenoxy) is 1. The summed E-state index contributed by atoms with van der Waals surface area (Å²) < 4.78 is 11.1. The average molecular weight is 380 g/mol. The maximum atomic E-state index is 12.8. The van der Waals surface area contributed by atoms with E-state index in [1.807, 2.05) is 4.90 Å². The van der Waals surface area contributed by atoms with Crippen LogP contribution in [0, 0.1) is 17.2 Å². The van der Waals surface area contributed by atoms with Crippen molar-refractivity contribution in [2.75, 3.05) is 26.3 Å². The maximum absolute atomic E-state index is 12.8. The van der Waals surface area contributed by atoms with Crippen LogP contribution in [-0.2, 0) is 11.2 Å². The van der Waals surface area contributed by atoms with Gasteiger partial charge in [-0.25, -0.2) is 0 Å². The van der Waals surface area contributed by atoms with Crippen LogP contribution in [0.5, 0.6) is 0 Å². The van der Waals surface area contributed by atoms with Gasteiger partial charge in [0, 0.05) is 31.7 Å². The van der Waals surface area contributed by atoms with Crippen LogP contribution < -0.4 is 0 Å². The van der Waals surface area contributed by atoms with Gasteiger partial charge in [0.2, 0.25) is 5.89 Å². The molecule has 1 unspecified atom stereocenters. The molecule has 0 spiro atoms. The number of hydrogen-bond donors (Lipinski definition) is 0. The van der Waals surface area contributed by atoms with E-state index in [-0.39, 0.29) is 11.8 Å². The standard InChI is InChI=1S/C21H24N4O3/c22-12-15-5-7-17(8-6-15)21(26)25-10-1-2-18(13-25)20-23-19(24-28-20)9-11-27-14-16-3-4-16/h5-8,16,18H,1-4,9-11,13-14H2. The Hall–Kier alpha value is -2.72. The second-order valence-electron chi connectivity index (χ2n) is 7.60. The molecule has 2 heterocycles. The lowest BCUT2D eigenvalue weighted by atomic mass is 9.97. The Kier molecular flexibility index (Phi) is 5.68. The topological polar surface area (TPSA) is 92.2 Å². The van der Waals surface area contributed by atoms with Crippen LogP contribution in [0.3, 0.4) is 0 Å². The Morgan fingerprint density at radius 1 is 1.29 bits per heavy atom. The Morgan fingerprint density at radius 3 is 2.86 bits per heavy atom. The molecule has 1 aliphatic carbocycles. The molecule has 2 aliphatic rings. The summed E-state index contributed by atoms with van der Waals surface area (Å²) in [6, 6.07) is 8.82. The van der Waals surface area contributed by atoms with Gasteiger partial charge in [-0.1, -0.05) is 5.16 Å². The van der Waals surface area contributed by atoms with Crippen molar-refractivity contribution in [2.24, 2.45) is 5.92 Å². The number of likely N-dealkylation sites (tertiary alicyclic amines) is 1. The number of piperidine rings is 1. The first-order valence-corrected chi connectivity index (χ1v) is 9.92. The lowest BCUT2D eigenvalue weighted by Gasteiger charge is -2.31. The Bertz CT molecular complexity index is 851. The highest BCUT2D eigenvalue weighted by Gasteiger charge is 2.29. The molecule has 0 N–H and O–H groups in total. The zero-order valence-electron chi connectivity index (χ0n) is 15.8. The van der Waals surface area contributed by atoms with E-state index in [1.165, 1.54) is 12.8 Å². The summed E-state index contributed by atoms with van der Waals surface area (Å²) in [6.45, 7) is 2.73. The zero-order valence-corrected chi connectivity index (χ0v) is 15.8. The molecule has 2 aromatic rings. The minimum absolute atomic E-state index is 0.0256. The number of amides is 1. The predicted octanol–water partition coefficient (Wildman–Crippen LogP) is 2.93. The first-order chi connectivity index (χ1) is 13.7. The molecule has 7 heteroatoms. The third kappa shape index (κ3) is 4.57. The van der Waals surface area contributed by atoms with Crippen molar-refractivity contribution in [3.05, 3.63) is 47.1 Å². The first-order valence-electron chi connectivity index (χ1n) is 9.92. The number of carbonyl (C=O) groups is 1. The van der Waals surface area contributed by atoms with E-state index >= 15 is 0 Å². The van der Waals surface area contributed by atoms with Crippen molar-refractivity contribution < 1.29 is 14.1 Å². The molecule has 1 aliphatic heterocycles. The van der Waals surface area contributed by atoms with Gasteiger partial charge in [0.25, 0.3) is 5.91 Å². The largest absolute Gasteiger partial charge is 0.381 e. The van der Waals surface area contributed by atoms with Crippen molar-refractivity contribution in [1.82, 2.24) is 15.0 Å². The Morgan fingerprint density at radius 2 is 2.11 bits per heavy atom. The molecule has 1 aromatic carbocycles. The molecule has 146 valence electrons. The van der Waals surface area contributed by atoms with Gasteiger partial charge in [0.1, 0.15) is 0 Å². The fourth-order valence-corrected chi connectivity index (χ4v) is 3.47. The van der Waals surface area contributed by atoms with Crippen LogP contribution in [-0.4, -0.2) is 47.3 Å². The Labute approximate surface area is 164 Å². The van der Waals surface area contributed by atoms with E-state index in [4.69, 9.17) is 14.5 Å². The van der Waals surface area contributed by atoms with E-state index in [0.717, 1.165) is 25.4 Å². The zero-order chi connectivity index (χ0) is 19.3. The van der Waals surface area contributed by atoms with E-state index in [1.54, 1.807) is 24.3 Å². The summed E-state index contributed by atoms with van der Waals surface area (Å²) in [4.78, 5) is 19.1. The summed E-state index contributed by atoms with van der Waals surface area (Å²) in [6.07, 6.45) is 5.04. The fraction of sp³-hybridized carbons (Fsp3) is 0.524. The van der Waals surface area contributed by atoms with Crippen molar-refractivity contribution in [3.8, 4) is 6.07 Å². The molecule has 28 heavy (non-hydrogen) atoms. The lowest BCUT2D eigenvalue weighted by Crippen LogP contribution is -2.39. The molecule has 1 aromatic heterocycles. The third-order valence-corrected chi connectivity index (χ3v) is 5.32. The number of benzene rings is 1. The van der Waals surface area contributed by atoms with E-state index < -0.39 is 0 Å². The van der Waals surface area contributed by atoms with Crippen LogP contribution in [0.2, 0.25) is 0 Å². The van der Waals surface area contributed by atoms with Gasteiger partial charge in [0.05, 0.1) is 24.2 Å². The van der Waals surface area contributed by atoms with Crippen LogP contribution in [0.15, 0.2) is 28.8 Å². The molecular weight excluding hydrogens is 356 g/mol. The molecule has 1 atom stereocenters. The first kappa shape index (κ1) is 18.6. The van der Waals surface area contributed by atoms with Crippen molar-refractivity contribution in [2.45, 2.75) is 38.0 Å². The highest BCUT2D eigenvalue weighted by atomic mass is 16.5. The molecule has 1 saturated carbocycles. The molecular formula is C21H24N4O3. The van der Waals surface area contributed by atoms with Gasteiger partial charge in [0.15, 0.2) is 5.82 Å². The number of carbonyl (C=O) groups excluding carboxylic acids is 1. The van der Waals surface area contributed by atoms with E-state index in [9.17, 15) is 4.79 Å². The molecule has 2 fully saturated rings. The van der Waals surface area contributed by atoms with E-state index in [0.29, 0.717) is 49.0 Å². The van der Waals surface area contributed by atoms with Crippen LogP contribution in [0.25, 0.3) is 0 Å². The van der Waals surface area contributed by atoms with Gasteiger partial charge >= 0.3 is 0 Å². The normalized spacial score (nSPS) is 19.4.